The first kappa shape index (κ1) is 26.5. The van der Waals surface area contributed by atoms with Crippen LogP contribution < -0.4 is 15.5 Å². The van der Waals surface area contributed by atoms with Crippen LogP contribution in [0.4, 0.5) is 28.9 Å². The fourth-order valence-electron chi connectivity index (χ4n) is 2.92. The highest BCUT2D eigenvalue weighted by Crippen LogP contribution is 2.33. The molecule has 0 aromatic heterocycles. The zero-order valence-electron chi connectivity index (χ0n) is 18.1. The predicted octanol–water partition coefficient (Wildman–Crippen LogP) is 4.23. The van der Waals surface area contributed by atoms with E-state index in [2.05, 4.69) is 10.6 Å². The van der Waals surface area contributed by atoms with Gasteiger partial charge in [-0.1, -0.05) is 0 Å². The third-order valence-electron chi connectivity index (χ3n) is 4.52. The third-order valence-corrected chi connectivity index (χ3v) is 4.85. The van der Waals surface area contributed by atoms with E-state index in [4.69, 9.17) is 22.2 Å². The second-order valence-corrected chi connectivity index (χ2v) is 7.14. The van der Waals surface area contributed by atoms with Crippen molar-refractivity contribution < 1.29 is 31.9 Å². The van der Waals surface area contributed by atoms with E-state index in [0.29, 0.717) is 0 Å². The van der Waals surface area contributed by atoms with Gasteiger partial charge in [0.15, 0.2) is 5.11 Å². The summed E-state index contributed by atoms with van der Waals surface area (Å²) in [4.78, 5) is 24.9. The molecular formula is C22H20F4N4O3S. The quantitative estimate of drug-likeness (QED) is 0.337. The van der Waals surface area contributed by atoms with Crippen LogP contribution in [-0.2, 0) is 15.7 Å². The molecule has 1 amide bonds. The lowest BCUT2D eigenvalue weighted by atomic mass is 10.1. The van der Waals surface area contributed by atoms with E-state index in [-0.39, 0.29) is 41.6 Å². The number of nitrogens with one attached hydrogen (secondary N) is 2. The lowest BCUT2D eigenvalue weighted by Gasteiger charge is -2.26. The molecule has 0 aliphatic heterocycles. The van der Waals surface area contributed by atoms with Crippen LogP contribution in [0.5, 0.6) is 0 Å². The Morgan fingerprint density at radius 3 is 2.47 bits per heavy atom. The van der Waals surface area contributed by atoms with Crippen LogP contribution in [0.2, 0.25) is 0 Å². The Hall–Kier alpha value is -3.72. The standard InChI is InChI=1S/C22H20F4N4O3S/c1-3-33-19(31)8-9-30(15-6-7-16(18(23)11-15)20(32)28-2)21(34)29-14-5-4-13(12-27)17(10-14)22(24,25)26/h4-7,10-11H,3,8-9H2,1-2H3,(H,28,32)(H,29,34). The second kappa shape index (κ2) is 11.4. The Bertz CT molecular complexity index is 1130. The number of nitriles is 1. The number of ether oxygens (including phenoxy) is 1. The monoisotopic (exact) mass is 496 g/mol. The van der Waals surface area contributed by atoms with Crippen molar-refractivity contribution in [3.05, 3.63) is 58.9 Å². The lowest BCUT2D eigenvalue weighted by Crippen LogP contribution is -2.37. The summed E-state index contributed by atoms with van der Waals surface area (Å²) in [6, 6.07) is 8.05. The number of hydrogen-bond donors (Lipinski definition) is 2. The van der Waals surface area contributed by atoms with Crippen molar-refractivity contribution in [1.82, 2.24) is 5.32 Å². The number of hydrogen-bond acceptors (Lipinski definition) is 5. The van der Waals surface area contributed by atoms with Crippen LogP contribution in [0, 0.1) is 17.1 Å². The SMILES string of the molecule is CCOC(=O)CCN(C(=S)Nc1ccc(C#N)c(C(F)(F)F)c1)c1ccc(C(=O)NC)c(F)c1. The first-order valence-electron chi connectivity index (χ1n) is 9.88. The van der Waals surface area contributed by atoms with Crippen molar-refractivity contribution in [3.63, 3.8) is 0 Å². The number of halogens is 4. The molecule has 2 rings (SSSR count). The Kier molecular flexibility index (Phi) is 8.91. The number of esters is 1. The zero-order chi connectivity index (χ0) is 25.5. The zero-order valence-corrected chi connectivity index (χ0v) is 18.9. The summed E-state index contributed by atoms with van der Waals surface area (Å²) >= 11 is 5.32. The molecule has 7 nitrogen and oxygen atoms in total. The van der Waals surface area contributed by atoms with E-state index < -0.39 is 35.0 Å². The van der Waals surface area contributed by atoms with Gasteiger partial charge in [-0.05, 0) is 55.5 Å². The fraction of sp³-hybridized carbons (Fsp3) is 0.273. The minimum Gasteiger partial charge on any atom is -0.466 e. The molecule has 0 radical (unpaired) electrons. The molecule has 0 spiro atoms. The molecule has 180 valence electrons. The van der Waals surface area contributed by atoms with Gasteiger partial charge in [0, 0.05) is 25.0 Å². The molecule has 0 fully saturated rings. The molecule has 2 aromatic rings. The summed E-state index contributed by atoms with van der Waals surface area (Å²) in [6.07, 6.45) is -4.93. The van der Waals surface area contributed by atoms with Crippen molar-refractivity contribution in [1.29, 1.82) is 5.26 Å². The number of thiocarbonyl (C=S) groups is 1. The number of carbonyl (C=O) groups excluding carboxylic acids is 2. The minimum absolute atomic E-state index is 0.0695. The van der Waals surface area contributed by atoms with Crippen molar-refractivity contribution >= 4 is 40.6 Å². The van der Waals surface area contributed by atoms with Crippen molar-refractivity contribution in [2.45, 2.75) is 19.5 Å². The molecule has 2 N–H and O–H groups in total. The average molecular weight is 496 g/mol. The minimum atomic E-state index is -4.77. The van der Waals surface area contributed by atoms with Gasteiger partial charge in [-0.2, -0.15) is 18.4 Å². The largest absolute Gasteiger partial charge is 0.466 e. The smallest absolute Gasteiger partial charge is 0.417 e. The molecule has 0 aliphatic carbocycles. The van der Waals surface area contributed by atoms with Crippen LogP contribution >= 0.6 is 12.2 Å². The summed E-state index contributed by atoms with van der Waals surface area (Å²) < 4.78 is 59.3. The second-order valence-electron chi connectivity index (χ2n) is 6.75. The van der Waals surface area contributed by atoms with Crippen LogP contribution in [0.1, 0.15) is 34.8 Å². The van der Waals surface area contributed by atoms with Crippen molar-refractivity contribution in [3.8, 4) is 6.07 Å². The van der Waals surface area contributed by atoms with Gasteiger partial charge in [-0.15, -0.1) is 0 Å². The van der Waals surface area contributed by atoms with Gasteiger partial charge in [0.25, 0.3) is 5.91 Å². The van der Waals surface area contributed by atoms with E-state index >= 15 is 0 Å². The summed E-state index contributed by atoms with van der Waals surface area (Å²) in [5.41, 5.74) is -1.86. The van der Waals surface area contributed by atoms with Gasteiger partial charge in [0.05, 0.1) is 35.8 Å². The highest BCUT2D eigenvalue weighted by atomic mass is 32.1. The van der Waals surface area contributed by atoms with Gasteiger partial charge in [-0.3, -0.25) is 9.59 Å². The number of amides is 1. The topological polar surface area (TPSA) is 94.5 Å². The van der Waals surface area contributed by atoms with Crippen LogP contribution in [0.25, 0.3) is 0 Å². The predicted molar refractivity (Wildman–Crippen MR) is 121 cm³/mol. The molecule has 0 saturated heterocycles. The maximum absolute atomic E-state index is 14.5. The Balaban J connectivity index is 2.39. The first-order chi connectivity index (χ1) is 16.0. The molecule has 0 bridgehead atoms. The first-order valence-corrected chi connectivity index (χ1v) is 10.3. The fourth-order valence-corrected chi connectivity index (χ4v) is 3.23. The van der Waals surface area contributed by atoms with E-state index in [1.165, 1.54) is 36.2 Å². The molecule has 34 heavy (non-hydrogen) atoms. The summed E-state index contributed by atoms with van der Waals surface area (Å²) in [5, 5.41) is 13.7. The maximum atomic E-state index is 14.5. The molecule has 2 aromatic carbocycles. The number of nitrogens with zero attached hydrogens (tertiary/aromatic N) is 2. The molecule has 0 heterocycles. The number of carbonyl (C=O) groups is 2. The van der Waals surface area contributed by atoms with Crippen molar-refractivity contribution in [2.24, 2.45) is 0 Å². The van der Waals surface area contributed by atoms with E-state index in [1.54, 1.807) is 6.92 Å². The normalized spacial score (nSPS) is 10.7. The molecule has 0 aliphatic rings. The summed E-state index contributed by atoms with van der Waals surface area (Å²) in [6.45, 7) is 1.67. The van der Waals surface area contributed by atoms with Gasteiger partial charge in [0.1, 0.15) is 5.82 Å². The van der Waals surface area contributed by atoms with Gasteiger partial charge in [0.2, 0.25) is 0 Å². The van der Waals surface area contributed by atoms with Crippen LogP contribution in [0.15, 0.2) is 36.4 Å². The third kappa shape index (κ3) is 6.64. The molecular weight excluding hydrogens is 476 g/mol. The number of alkyl halides is 3. The van der Waals surface area contributed by atoms with Crippen LogP contribution in [0.3, 0.4) is 0 Å². The molecule has 0 unspecified atom stereocenters. The lowest BCUT2D eigenvalue weighted by molar-refractivity contribution is -0.142. The molecule has 12 heteroatoms. The van der Waals surface area contributed by atoms with Gasteiger partial charge >= 0.3 is 12.1 Å². The van der Waals surface area contributed by atoms with E-state index in [1.807, 2.05) is 0 Å². The Morgan fingerprint density at radius 1 is 1.21 bits per heavy atom. The van der Waals surface area contributed by atoms with Gasteiger partial charge in [-0.25, -0.2) is 4.39 Å². The molecule has 0 atom stereocenters. The Labute approximate surface area is 198 Å². The number of rotatable bonds is 7. The highest BCUT2D eigenvalue weighted by molar-refractivity contribution is 7.80. The van der Waals surface area contributed by atoms with E-state index in [0.717, 1.165) is 18.2 Å². The Morgan fingerprint density at radius 2 is 1.91 bits per heavy atom. The summed E-state index contributed by atoms with van der Waals surface area (Å²) in [5.74, 6) is -2.07. The molecule has 0 saturated carbocycles. The number of benzene rings is 2. The summed E-state index contributed by atoms with van der Waals surface area (Å²) in [7, 11) is 1.34. The highest BCUT2D eigenvalue weighted by Gasteiger charge is 2.34. The van der Waals surface area contributed by atoms with E-state index in [9.17, 15) is 27.2 Å². The average Bonchev–Trinajstić information content (AvgIpc) is 2.78. The number of anilines is 2. The maximum Gasteiger partial charge on any atom is 0.417 e. The van der Waals surface area contributed by atoms with Gasteiger partial charge < -0.3 is 20.3 Å². The van der Waals surface area contributed by atoms with Crippen LogP contribution in [-0.4, -0.2) is 37.2 Å². The van der Waals surface area contributed by atoms with Crippen molar-refractivity contribution in [2.75, 3.05) is 30.4 Å².